The van der Waals surface area contributed by atoms with Crippen LogP contribution in [0.1, 0.15) is 24.4 Å². The Hall–Kier alpha value is -2.35. The Labute approximate surface area is 109 Å². The second-order valence-electron chi connectivity index (χ2n) is 4.13. The van der Waals surface area contributed by atoms with Crippen LogP contribution in [0, 0.1) is 10.1 Å². The third-order valence-electron chi connectivity index (χ3n) is 2.83. The van der Waals surface area contributed by atoms with Gasteiger partial charge in [0, 0.05) is 12.1 Å². The molecule has 0 bridgehead atoms. The van der Waals surface area contributed by atoms with E-state index >= 15 is 0 Å². The van der Waals surface area contributed by atoms with Crippen molar-refractivity contribution in [1.82, 2.24) is 25.5 Å². The third-order valence-corrected chi connectivity index (χ3v) is 2.83. The van der Waals surface area contributed by atoms with E-state index in [-0.39, 0.29) is 11.7 Å². The molecule has 1 aromatic carbocycles. The fourth-order valence-electron chi connectivity index (χ4n) is 1.70. The summed E-state index contributed by atoms with van der Waals surface area (Å²) in [5.74, 6) is 0.689. The van der Waals surface area contributed by atoms with Crippen molar-refractivity contribution >= 4 is 5.69 Å². The Bertz CT molecular complexity index is 582. The maximum Gasteiger partial charge on any atom is 0.269 e. The molecule has 0 spiro atoms. The van der Waals surface area contributed by atoms with Crippen LogP contribution in [0.4, 0.5) is 5.69 Å². The zero-order valence-corrected chi connectivity index (χ0v) is 10.6. The second kappa shape index (κ2) is 5.53. The lowest BCUT2D eigenvalue weighted by atomic mass is 10.2. The highest BCUT2D eigenvalue weighted by atomic mass is 16.6. The molecule has 0 aliphatic carbocycles. The SMILES string of the molecule is CNC(C)c1nnnn1Cc1cccc([N+](=O)[O-])c1. The number of tetrazole rings is 1. The maximum atomic E-state index is 10.7. The largest absolute Gasteiger partial charge is 0.311 e. The highest BCUT2D eigenvalue weighted by Gasteiger charge is 2.13. The zero-order valence-electron chi connectivity index (χ0n) is 10.6. The Morgan fingerprint density at radius 2 is 2.32 bits per heavy atom. The molecular weight excluding hydrogens is 248 g/mol. The van der Waals surface area contributed by atoms with Crippen molar-refractivity contribution in [3.05, 3.63) is 45.8 Å². The summed E-state index contributed by atoms with van der Waals surface area (Å²) in [6, 6.07) is 6.45. The first kappa shape index (κ1) is 13.1. The van der Waals surface area contributed by atoms with E-state index in [9.17, 15) is 10.1 Å². The van der Waals surface area contributed by atoms with Crippen LogP contribution in [-0.4, -0.2) is 32.2 Å². The van der Waals surface area contributed by atoms with Crippen LogP contribution in [0.3, 0.4) is 0 Å². The number of nitro benzene ring substituents is 1. The Morgan fingerprint density at radius 3 is 3.00 bits per heavy atom. The second-order valence-corrected chi connectivity index (χ2v) is 4.13. The predicted molar refractivity (Wildman–Crippen MR) is 67.5 cm³/mol. The number of non-ortho nitro benzene ring substituents is 1. The molecule has 1 aromatic heterocycles. The van der Waals surface area contributed by atoms with Gasteiger partial charge in [-0.1, -0.05) is 12.1 Å². The fourth-order valence-corrected chi connectivity index (χ4v) is 1.70. The van der Waals surface area contributed by atoms with E-state index < -0.39 is 4.92 Å². The van der Waals surface area contributed by atoms with Gasteiger partial charge in [0.1, 0.15) is 0 Å². The Balaban J connectivity index is 2.24. The van der Waals surface area contributed by atoms with E-state index in [0.29, 0.717) is 12.4 Å². The molecule has 1 atom stereocenters. The van der Waals surface area contributed by atoms with E-state index in [1.807, 2.05) is 20.0 Å². The van der Waals surface area contributed by atoms with Gasteiger partial charge in [0.25, 0.3) is 5.69 Å². The van der Waals surface area contributed by atoms with E-state index in [0.717, 1.165) is 5.56 Å². The summed E-state index contributed by atoms with van der Waals surface area (Å²) in [6.07, 6.45) is 0. The number of benzene rings is 1. The predicted octanol–water partition coefficient (Wildman–Crippen LogP) is 0.910. The summed E-state index contributed by atoms with van der Waals surface area (Å²) in [5.41, 5.74) is 0.847. The van der Waals surface area contributed by atoms with Gasteiger partial charge in [0.15, 0.2) is 5.82 Å². The van der Waals surface area contributed by atoms with Crippen molar-refractivity contribution in [2.45, 2.75) is 19.5 Å². The smallest absolute Gasteiger partial charge is 0.269 e. The average molecular weight is 262 g/mol. The topological polar surface area (TPSA) is 98.8 Å². The lowest BCUT2D eigenvalue weighted by Crippen LogP contribution is -2.19. The van der Waals surface area contributed by atoms with Gasteiger partial charge >= 0.3 is 0 Å². The Morgan fingerprint density at radius 1 is 1.53 bits per heavy atom. The van der Waals surface area contributed by atoms with E-state index in [4.69, 9.17) is 0 Å². The molecule has 8 nitrogen and oxygen atoms in total. The first-order valence-electron chi connectivity index (χ1n) is 5.78. The minimum absolute atomic E-state index is 0.00805. The average Bonchev–Trinajstić information content (AvgIpc) is 2.86. The van der Waals surface area contributed by atoms with Crippen LogP contribution in [-0.2, 0) is 6.54 Å². The molecule has 19 heavy (non-hydrogen) atoms. The minimum atomic E-state index is -0.416. The van der Waals surface area contributed by atoms with Crippen LogP contribution in [0.2, 0.25) is 0 Å². The molecule has 8 heteroatoms. The molecule has 2 aromatic rings. The van der Waals surface area contributed by atoms with E-state index in [1.54, 1.807) is 10.7 Å². The monoisotopic (exact) mass is 262 g/mol. The van der Waals surface area contributed by atoms with Crippen molar-refractivity contribution in [1.29, 1.82) is 0 Å². The van der Waals surface area contributed by atoms with Crippen molar-refractivity contribution in [3.8, 4) is 0 Å². The minimum Gasteiger partial charge on any atom is -0.311 e. The standard InChI is InChI=1S/C11H14N6O2/c1-8(12-2)11-13-14-15-16(11)7-9-4-3-5-10(6-9)17(18)19/h3-6,8,12H,7H2,1-2H3. The summed E-state index contributed by atoms with van der Waals surface area (Å²) < 4.78 is 1.63. The normalized spacial score (nSPS) is 12.3. The van der Waals surface area contributed by atoms with Gasteiger partial charge in [-0.15, -0.1) is 5.10 Å². The van der Waals surface area contributed by atoms with Crippen LogP contribution in [0.25, 0.3) is 0 Å². The lowest BCUT2D eigenvalue weighted by molar-refractivity contribution is -0.384. The summed E-state index contributed by atoms with van der Waals surface area (Å²) >= 11 is 0. The number of hydrogen-bond donors (Lipinski definition) is 1. The highest BCUT2D eigenvalue weighted by molar-refractivity contribution is 5.34. The highest BCUT2D eigenvalue weighted by Crippen LogP contribution is 2.15. The van der Waals surface area contributed by atoms with Crippen molar-refractivity contribution in [2.24, 2.45) is 0 Å². The lowest BCUT2D eigenvalue weighted by Gasteiger charge is -2.10. The fraction of sp³-hybridized carbons (Fsp3) is 0.364. The van der Waals surface area contributed by atoms with Gasteiger partial charge in [-0.05, 0) is 30.0 Å². The van der Waals surface area contributed by atoms with E-state index in [1.165, 1.54) is 12.1 Å². The molecule has 1 N–H and O–H groups in total. The molecular formula is C11H14N6O2. The van der Waals surface area contributed by atoms with Crippen molar-refractivity contribution in [3.63, 3.8) is 0 Å². The van der Waals surface area contributed by atoms with Crippen molar-refractivity contribution < 1.29 is 4.92 Å². The zero-order chi connectivity index (χ0) is 13.8. The van der Waals surface area contributed by atoms with Gasteiger partial charge < -0.3 is 5.32 Å². The summed E-state index contributed by atoms with van der Waals surface area (Å²) in [4.78, 5) is 10.3. The summed E-state index contributed by atoms with van der Waals surface area (Å²) in [7, 11) is 1.82. The molecule has 0 radical (unpaired) electrons. The molecule has 0 fully saturated rings. The molecule has 100 valence electrons. The third kappa shape index (κ3) is 2.91. The van der Waals surface area contributed by atoms with Crippen LogP contribution in [0.5, 0.6) is 0 Å². The maximum absolute atomic E-state index is 10.7. The Kier molecular flexibility index (Phi) is 3.81. The molecule has 1 heterocycles. The molecule has 2 rings (SSSR count). The number of nitrogens with zero attached hydrogens (tertiary/aromatic N) is 5. The number of rotatable bonds is 5. The van der Waals surface area contributed by atoms with Gasteiger partial charge in [0.05, 0.1) is 17.5 Å². The number of aromatic nitrogens is 4. The number of nitro groups is 1. The van der Waals surface area contributed by atoms with Gasteiger partial charge in [-0.3, -0.25) is 10.1 Å². The first-order valence-corrected chi connectivity index (χ1v) is 5.78. The van der Waals surface area contributed by atoms with Gasteiger partial charge in [-0.2, -0.15) is 0 Å². The molecule has 0 aliphatic rings. The van der Waals surface area contributed by atoms with Crippen LogP contribution in [0.15, 0.2) is 24.3 Å². The molecule has 0 saturated carbocycles. The van der Waals surface area contributed by atoms with Crippen molar-refractivity contribution in [2.75, 3.05) is 7.05 Å². The molecule has 1 unspecified atom stereocenters. The van der Waals surface area contributed by atoms with Gasteiger partial charge in [-0.25, -0.2) is 4.68 Å². The number of hydrogen-bond acceptors (Lipinski definition) is 6. The molecule has 0 amide bonds. The summed E-state index contributed by atoms with van der Waals surface area (Å²) in [6.45, 7) is 2.34. The number of nitrogens with one attached hydrogen (secondary N) is 1. The van der Waals surface area contributed by atoms with Crippen LogP contribution < -0.4 is 5.32 Å². The van der Waals surface area contributed by atoms with E-state index in [2.05, 4.69) is 20.8 Å². The van der Waals surface area contributed by atoms with Crippen LogP contribution >= 0.6 is 0 Å². The molecule has 0 saturated heterocycles. The quantitative estimate of drug-likeness (QED) is 0.635. The first-order chi connectivity index (χ1) is 9.11. The van der Waals surface area contributed by atoms with Gasteiger partial charge in [0.2, 0.25) is 0 Å². The molecule has 0 aliphatic heterocycles. The summed E-state index contributed by atoms with van der Waals surface area (Å²) in [5, 5.41) is 25.3.